The van der Waals surface area contributed by atoms with Crippen LogP contribution in [0.5, 0.6) is 5.75 Å². The highest BCUT2D eigenvalue weighted by Gasteiger charge is 2.12. The van der Waals surface area contributed by atoms with Gasteiger partial charge in [-0.15, -0.1) is 0 Å². The van der Waals surface area contributed by atoms with Gasteiger partial charge in [0.05, 0.1) is 0 Å². The van der Waals surface area contributed by atoms with Crippen molar-refractivity contribution in [3.05, 3.63) is 76.9 Å². The van der Waals surface area contributed by atoms with Gasteiger partial charge in [-0.2, -0.15) is 4.39 Å². The van der Waals surface area contributed by atoms with Crippen molar-refractivity contribution >= 4 is 24.1 Å². The summed E-state index contributed by atoms with van der Waals surface area (Å²) in [5.41, 5.74) is 1.07. The van der Waals surface area contributed by atoms with E-state index in [2.05, 4.69) is 0 Å². The van der Waals surface area contributed by atoms with E-state index in [1.165, 1.54) is 49.4 Å². The normalized spacial score (nSPS) is 12.0. The van der Waals surface area contributed by atoms with Crippen molar-refractivity contribution in [2.75, 3.05) is 0 Å². The maximum absolute atomic E-state index is 13.8. The maximum Gasteiger partial charge on any atom is 0.372 e. The second kappa shape index (κ2) is 8.01. The predicted octanol–water partition coefficient (Wildman–Crippen LogP) is 4.23. The molecule has 25 heavy (non-hydrogen) atoms. The molecular formula is C19H14F2O4. The van der Waals surface area contributed by atoms with E-state index >= 15 is 0 Å². The van der Waals surface area contributed by atoms with Crippen LogP contribution in [0.1, 0.15) is 18.1 Å². The minimum absolute atomic E-state index is 0.109. The third-order valence-corrected chi connectivity index (χ3v) is 3.17. The van der Waals surface area contributed by atoms with Crippen LogP contribution < -0.4 is 4.74 Å². The smallest absolute Gasteiger partial charge is 0.372 e. The third-order valence-electron chi connectivity index (χ3n) is 3.17. The van der Waals surface area contributed by atoms with Crippen molar-refractivity contribution in [2.24, 2.45) is 0 Å². The SMILES string of the molecule is C/C(=C\c1ccc(OC(=O)/C(F)=C/c2ccc(F)cc2)cc1)C(=O)O. The van der Waals surface area contributed by atoms with Crippen LogP contribution in [-0.2, 0) is 9.59 Å². The van der Waals surface area contributed by atoms with E-state index in [1.54, 1.807) is 0 Å². The number of carboxylic acid groups (broad SMARTS) is 1. The minimum atomic E-state index is -1.19. The Morgan fingerprint density at radius 3 is 2.04 bits per heavy atom. The highest BCUT2D eigenvalue weighted by molar-refractivity contribution is 5.93. The quantitative estimate of drug-likeness (QED) is 0.501. The number of carbonyl (C=O) groups excluding carboxylic acids is 1. The van der Waals surface area contributed by atoms with Gasteiger partial charge in [-0.05, 0) is 54.5 Å². The molecule has 0 aromatic heterocycles. The molecule has 6 heteroatoms. The Hall–Kier alpha value is -3.28. The number of hydrogen-bond donors (Lipinski definition) is 1. The number of carbonyl (C=O) groups is 2. The number of halogens is 2. The second-order valence-electron chi connectivity index (χ2n) is 5.13. The lowest BCUT2D eigenvalue weighted by Crippen LogP contribution is -2.08. The molecule has 0 atom stereocenters. The van der Waals surface area contributed by atoms with Crippen LogP contribution in [0.4, 0.5) is 8.78 Å². The standard InChI is InChI=1S/C19H14F2O4/c1-12(18(22)23)10-13-4-8-16(9-5-13)25-19(24)17(21)11-14-2-6-15(20)7-3-14/h2-11H,1H3,(H,22,23)/b12-10+,17-11-. The molecule has 0 spiro atoms. The molecular weight excluding hydrogens is 330 g/mol. The van der Waals surface area contributed by atoms with E-state index in [1.807, 2.05) is 0 Å². The molecule has 0 aliphatic carbocycles. The largest absolute Gasteiger partial charge is 0.478 e. The second-order valence-corrected chi connectivity index (χ2v) is 5.13. The van der Waals surface area contributed by atoms with Crippen LogP contribution in [0.25, 0.3) is 12.2 Å². The summed E-state index contributed by atoms with van der Waals surface area (Å²) in [5, 5.41) is 8.81. The van der Waals surface area contributed by atoms with E-state index in [-0.39, 0.29) is 11.3 Å². The molecule has 0 aliphatic rings. The summed E-state index contributed by atoms with van der Waals surface area (Å²) in [6.45, 7) is 1.45. The molecule has 2 aromatic rings. The Labute approximate surface area is 142 Å². The molecule has 0 aliphatic heterocycles. The summed E-state index contributed by atoms with van der Waals surface area (Å²) in [4.78, 5) is 22.5. The highest BCUT2D eigenvalue weighted by atomic mass is 19.1. The highest BCUT2D eigenvalue weighted by Crippen LogP contribution is 2.17. The molecule has 0 fully saturated rings. The average molecular weight is 344 g/mol. The number of carboxylic acids is 1. The van der Waals surface area contributed by atoms with E-state index in [0.29, 0.717) is 11.1 Å². The Bertz CT molecular complexity index is 835. The van der Waals surface area contributed by atoms with Gasteiger partial charge in [0, 0.05) is 5.57 Å². The zero-order valence-corrected chi connectivity index (χ0v) is 13.2. The van der Waals surface area contributed by atoms with Crippen LogP contribution in [0.15, 0.2) is 59.9 Å². The van der Waals surface area contributed by atoms with Crippen molar-refractivity contribution < 1.29 is 28.2 Å². The zero-order valence-electron chi connectivity index (χ0n) is 13.2. The number of aliphatic carboxylic acids is 1. The average Bonchev–Trinajstić information content (AvgIpc) is 2.58. The molecule has 2 rings (SSSR count). The third kappa shape index (κ3) is 5.39. The lowest BCUT2D eigenvalue weighted by molar-refractivity contribution is -0.133. The van der Waals surface area contributed by atoms with Gasteiger partial charge in [-0.1, -0.05) is 24.3 Å². The molecule has 128 valence electrons. The fourth-order valence-corrected chi connectivity index (χ4v) is 1.86. The van der Waals surface area contributed by atoms with E-state index in [4.69, 9.17) is 9.84 Å². The van der Waals surface area contributed by atoms with Crippen molar-refractivity contribution in [3.63, 3.8) is 0 Å². The van der Waals surface area contributed by atoms with Crippen molar-refractivity contribution in [2.45, 2.75) is 6.92 Å². The number of rotatable bonds is 5. The molecule has 0 bridgehead atoms. The summed E-state index contributed by atoms with van der Waals surface area (Å²) < 4.78 is 31.5. The van der Waals surface area contributed by atoms with Crippen LogP contribution in [0, 0.1) is 5.82 Å². The van der Waals surface area contributed by atoms with Crippen molar-refractivity contribution in [1.82, 2.24) is 0 Å². The Kier molecular flexibility index (Phi) is 5.79. The van der Waals surface area contributed by atoms with Crippen molar-refractivity contribution in [1.29, 1.82) is 0 Å². The molecule has 1 N–H and O–H groups in total. The first-order valence-electron chi connectivity index (χ1n) is 7.22. The van der Waals surface area contributed by atoms with E-state index in [9.17, 15) is 18.4 Å². The lowest BCUT2D eigenvalue weighted by Gasteiger charge is -2.03. The molecule has 0 saturated carbocycles. The lowest BCUT2D eigenvalue weighted by atomic mass is 10.1. The van der Waals surface area contributed by atoms with Crippen molar-refractivity contribution in [3.8, 4) is 5.75 Å². The monoisotopic (exact) mass is 344 g/mol. The summed E-state index contributed by atoms with van der Waals surface area (Å²) in [5.74, 6) is -3.71. The molecule has 0 saturated heterocycles. The first-order valence-corrected chi connectivity index (χ1v) is 7.22. The Balaban J connectivity index is 2.06. The fourth-order valence-electron chi connectivity index (χ4n) is 1.86. The van der Waals surface area contributed by atoms with Gasteiger partial charge >= 0.3 is 11.9 Å². The Morgan fingerprint density at radius 1 is 0.960 bits per heavy atom. The predicted molar refractivity (Wildman–Crippen MR) is 88.8 cm³/mol. The number of esters is 1. The first kappa shape index (κ1) is 18.1. The zero-order chi connectivity index (χ0) is 18.4. The summed E-state index contributed by atoms with van der Waals surface area (Å²) >= 11 is 0. The number of hydrogen-bond acceptors (Lipinski definition) is 3. The molecule has 0 unspecified atom stereocenters. The van der Waals surface area contributed by atoms with Gasteiger partial charge in [-0.3, -0.25) is 0 Å². The summed E-state index contributed by atoms with van der Waals surface area (Å²) in [6, 6.07) is 10.9. The van der Waals surface area contributed by atoms with E-state index in [0.717, 1.165) is 18.2 Å². The molecule has 0 heterocycles. The van der Waals surface area contributed by atoms with Gasteiger partial charge in [0.15, 0.2) is 0 Å². The maximum atomic E-state index is 13.8. The van der Waals surface area contributed by atoms with Gasteiger partial charge in [0.2, 0.25) is 5.83 Å². The van der Waals surface area contributed by atoms with Crippen LogP contribution >= 0.6 is 0 Å². The molecule has 0 radical (unpaired) electrons. The summed E-state index contributed by atoms with van der Waals surface area (Å²) in [7, 11) is 0. The fraction of sp³-hybridized carbons (Fsp3) is 0.0526. The van der Waals surface area contributed by atoms with Gasteiger partial charge in [0.1, 0.15) is 11.6 Å². The summed E-state index contributed by atoms with van der Waals surface area (Å²) in [6.07, 6.45) is 2.39. The minimum Gasteiger partial charge on any atom is -0.478 e. The van der Waals surface area contributed by atoms with Crippen LogP contribution in [0.2, 0.25) is 0 Å². The molecule has 0 amide bonds. The molecule has 4 nitrogen and oxygen atoms in total. The first-order chi connectivity index (χ1) is 11.8. The Morgan fingerprint density at radius 2 is 1.48 bits per heavy atom. The topological polar surface area (TPSA) is 63.6 Å². The van der Waals surface area contributed by atoms with Crippen LogP contribution in [-0.4, -0.2) is 17.0 Å². The van der Waals surface area contributed by atoms with E-state index < -0.39 is 23.6 Å². The van der Waals surface area contributed by atoms with Crippen LogP contribution in [0.3, 0.4) is 0 Å². The van der Waals surface area contributed by atoms with Gasteiger partial charge in [0.25, 0.3) is 0 Å². The van der Waals surface area contributed by atoms with Gasteiger partial charge < -0.3 is 9.84 Å². The van der Waals surface area contributed by atoms with Gasteiger partial charge in [-0.25, -0.2) is 14.0 Å². The number of ether oxygens (including phenoxy) is 1. The number of benzene rings is 2. The molecule has 2 aromatic carbocycles.